The molecule has 0 saturated carbocycles. The first-order valence-corrected chi connectivity index (χ1v) is 10.3. The van der Waals surface area contributed by atoms with Crippen LogP contribution in [-0.2, 0) is 9.73 Å². The molecule has 0 fully saturated rings. The van der Waals surface area contributed by atoms with Crippen molar-refractivity contribution in [2.45, 2.75) is 31.5 Å². The zero-order chi connectivity index (χ0) is 11.5. The summed E-state index contributed by atoms with van der Waals surface area (Å²) >= 11 is 0. The van der Waals surface area contributed by atoms with Crippen LogP contribution in [0.3, 0.4) is 0 Å². The highest BCUT2D eigenvalue weighted by molar-refractivity contribution is 7.94. The Hall–Kier alpha value is -0.613. The number of hydrogen-bond donors (Lipinski definition) is 0. The number of hydrogen-bond acceptors (Lipinski definition) is 2. The van der Waals surface area contributed by atoms with Crippen LogP contribution in [-0.4, -0.2) is 18.2 Å². The van der Waals surface area contributed by atoms with Gasteiger partial charge in [-0.25, -0.2) is 4.21 Å². The molecule has 1 aromatic rings. The first kappa shape index (κ1) is 12.5. The lowest BCUT2D eigenvalue weighted by Gasteiger charge is -2.15. The van der Waals surface area contributed by atoms with Gasteiger partial charge in [-0.1, -0.05) is 25.1 Å². The molecule has 0 heterocycles. The summed E-state index contributed by atoms with van der Waals surface area (Å²) in [6.45, 7) is 8.29. The zero-order valence-corrected chi connectivity index (χ0v) is 11.7. The van der Waals surface area contributed by atoms with E-state index in [4.69, 9.17) is 0 Å². The van der Waals surface area contributed by atoms with Crippen molar-refractivity contribution < 1.29 is 4.21 Å². The quantitative estimate of drug-likeness (QED) is 0.746. The van der Waals surface area contributed by atoms with E-state index in [0.29, 0.717) is 5.75 Å². The zero-order valence-electron chi connectivity index (χ0n) is 9.86. The average molecular weight is 241 g/mol. The molecule has 0 aliphatic carbocycles. The molecule has 0 aromatic heterocycles. The maximum atomic E-state index is 12.6. The fraction of sp³-hybridized carbons (Fsp3) is 0.455. The molecule has 0 saturated heterocycles. The molecule has 1 aromatic carbocycles. The van der Waals surface area contributed by atoms with Crippen molar-refractivity contribution in [3.8, 4) is 0 Å². The first-order valence-electron chi connectivity index (χ1n) is 5.18. The van der Waals surface area contributed by atoms with Gasteiger partial charge in [0.05, 0.1) is 9.73 Å². The largest absolute Gasteiger partial charge is 0.274 e. The second kappa shape index (κ2) is 4.49. The summed E-state index contributed by atoms with van der Waals surface area (Å²) in [5.41, 5.74) is 0. The molecule has 15 heavy (non-hydrogen) atoms. The molecule has 84 valence electrons. The number of nitrogens with zero attached hydrogens (tertiary/aromatic N) is 1. The van der Waals surface area contributed by atoms with Gasteiger partial charge in [0.15, 0.2) is 8.24 Å². The van der Waals surface area contributed by atoms with Gasteiger partial charge < -0.3 is 0 Å². The van der Waals surface area contributed by atoms with E-state index >= 15 is 0 Å². The van der Waals surface area contributed by atoms with Crippen LogP contribution in [0.4, 0.5) is 0 Å². The Morgan fingerprint density at radius 2 is 1.73 bits per heavy atom. The van der Waals surface area contributed by atoms with Crippen LogP contribution in [0.2, 0.25) is 19.6 Å². The summed E-state index contributed by atoms with van der Waals surface area (Å²) in [7, 11) is -3.82. The van der Waals surface area contributed by atoms with Gasteiger partial charge in [0.2, 0.25) is 0 Å². The molecule has 0 aliphatic rings. The third kappa shape index (κ3) is 3.46. The van der Waals surface area contributed by atoms with Crippen molar-refractivity contribution in [1.29, 1.82) is 0 Å². The minimum Gasteiger partial charge on any atom is -0.274 e. The van der Waals surface area contributed by atoms with Gasteiger partial charge in [-0.2, -0.15) is 0 Å². The SMILES string of the molecule is CC[S@](=O)(=N[Si](C)(C)C)c1ccccc1. The average Bonchev–Trinajstić information content (AvgIpc) is 2.16. The molecule has 0 aliphatic heterocycles. The van der Waals surface area contributed by atoms with Gasteiger partial charge in [-0.05, 0) is 31.8 Å². The third-order valence-electron chi connectivity index (χ3n) is 1.92. The second-order valence-electron chi connectivity index (χ2n) is 4.50. The monoisotopic (exact) mass is 241 g/mol. The van der Waals surface area contributed by atoms with E-state index in [2.05, 4.69) is 23.7 Å². The van der Waals surface area contributed by atoms with E-state index in [9.17, 15) is 4.21 Å². The number of rotatable bonds is 3. The van der Waals surface area contributed by atoms with Crippen molar-refractivity contribution in [2.75, 3.05) is 5.75 Å². The van der Waals surface area contributed by atoms with Crippen LogP contribution in [0.1, 0.15) is 6.92 Å². The third-order valence-corrected chi connectivity index (χ3v) is 7.09. The van der Waals surface area contributed by atoms with E-state index in [1.165, 1.54) is 0 Å². The van der Waals surface area contributed by atoms with Crippen molar-refractivity contribution >= 4 is 18.0 Å². The second-order valence-corrected chi connectivity index (χ2v) is 11.9. The summed E-state index contributed by atoms with van der Waals surface area (Å²) in [6, 6.07) is 9.60. The van der Waals surface area contributed by atoms with Crippen molar-refractivity contribution in [1.82, 2.24) is 0 Å². The van der Waals surface area contributed by atoms with Crippen LogP contribution >= 0.6 is 0 Å². The summed E-state index contributed by atoms with van der Waals surface area (Å²) in [6.07, 6.45) is 0. The van der Waals surface area contributed by atoms with Crippen LogP contribution < -0.4 is 0 Å². The minimum absolute atomic E-state index is 0.598. The maximum Gasteiger partial charge on any atom is 0.185 e. The van der Waals surface area contributed by atoms with E-state index < -0.39 is 18.0 Å². The van der Waals surface area contributed by atoms with Crippen LogP contribution in [0, 0.1) is 0 Å². The lowest BCUT2D eigenvalue weighted by atomic mass is 10.4. The summed E-state index contributed by atoms with van der Waals surface area (Å²) in [5, 5.41) is 0. The summed E-state index contributed by atoms with van der Waals surface area (Å²) in [4.78, 5) is 0.870. The molecule has 0 amide bonds. The Morgan fingerprint density at radius 1 is 1.20 bits per heavy atom. The standard InChI is InChI=1S/C11H19NOSSi/c1-5-14(13,12-15(2,3)4)11-9-7-6-8-10-11/h6-10H,5H2,1-4H3/t14-/m1/s1. The highest BCUT2D eigenvalue weighted by Crippen LogP contribution is 2.17. The number of benzene rings is 1. The molecular weight excluding hydrogens is 222 g/mol. The molecule has 0 N–H and O–H groups in total. The lowest BCUT2D eigenvalue weighted by molar-refractivity contribution is 0.678. The van der Waals surface area contributed by atoms with Gasteiger partial charge >= 0.3 is 0 Å². The molecule has 1 atom stereocenters. The highest BCUT2D eigenvalue weighted by atomic mass is 32.2. The van der Waals surface area contributed by atoms with Crippen molar-refractivity contribution in [2.24, 2.45) is 4.03 Å². The highest BCUT2D eigenvalue weighted by Gasteiger charge is 2.18. The Kier molecular flexibility index (Phi) is 3.73. The van der Waals surface area contributed by atoms with Gasteiger partial charge in [-0.3, -0.25) is 4.03 Å². The Morgan fingerprint density at radius 3 is 2.13 bits per heavy atom. The molecular formula is C11H19NOSSi. The Balaban J connectivity index is 3.31. The van der Waals surface area contributed by atoms with Crippen LogP contribution in [0.5, 0.6) is 0 Å². The molecule has 1 rings (SSSR count). The maximum absolute atomic E-state index is 12.6. The normalized spacial score (nSPS) is 15.7. The lowest BCUT2D eigenvalue weighted by Crippen LogP contribution is -2.21. The van der Waals surface area contributed by atoms with Gasteiger partial charge in [0, 0.05) is 10.6 Å². The van der Waals surface area contributed by atoms with E-state index in [-0.39, 0.29) is 0 Å². The van der Waals surface area contributed by atoms with E-state index in [0.717, 1.165) is 4.90 Å². The Bertz CT molecular complexity index is 428. The fourth-order valence-corrected chi connectivity index (χ4v) is 6.75. The minimum atomic E-state index is -2.18. The van der Waals surface area contributed by atoms with E-state index in [1.807, 2.05) is 37.3 Å². The molecule has 2 nitrogen and oxygen atoms in total. The van der Waals surface area contributed by atoms with Crippen LogP contribution in [0.25, 0.3) is 0 Å². The smallest absolute Gasteiger partial charge is 0.185 e. The van der Waals surface area contributed by atoms with Gasteiger partial charge in [-0.15, -0.1) is 0 Å². The van der Waals surface area contributed by atoms with Crippen LogP contribution in [0.15, 0.2) is 39.3 Å². The fourth-order valence-electron chi connectivity index (χ4n) is 1.36. The topological polar surface area (TPSA) is 29.4 Å². The molecule has 0 radical (unpaired) electrons. The molecule has 0 spiro atoms. The van der Waals surface area contributed by atoms with Crippen molar-refractivity contribution in [3.63, 3.8) is 0 Å². The first-order chi connectivity index (χ1) is 6.87. The summed E-state index contributed by atoms with van der Waals surface area (Å²) < 4.78 is 17.2. The predicted octanol–water partition coefficient (Wildman–Crippen LogP) is 3.37. The molecule has 4 heteroatoms. The predicted molar refractivity (Wildman–Crippen MR) is 69.2 cm³/mol. The van der Waals surface area contributed by atoms with Gasteiger partial charge in [0.25, 0.3) is 0 Å². The Labute approximate surface area is 94.0 Å². The molecule has 0 bridgehead atoms. The van der Waals surface area contributed by atoms with Crippen molar-refractivity contribution in [3.05, 3.63) is 30.3 Å². The van der Waals surface area contributed by atoms with E-state index in [1.54, 1.807) is 0 Å². The molecule has 0 unspecified atom stereocenters. The van der Waals surface area contributed by atoms with Gasteiger partial charge in [0.1, 0.15) is 0 Å². The summed E-state index contributed by atoms with van der Waals surface area (Å²) in [5.74, 6) is 0.598.